The van der Waals surface area contributed by atoms with Gasteiger partial charge < -0.3 is 5.21 Å². The van der Waals surface area contributed by atoms with Crippen molar-refractivity contribution in [3.8, 4) is 0 Å². The van der Waals surface area contributed by atoms with Crippen LogP contribution in [0.1, 0.15) is 46.5 Å². The molecular formula is C13H21NO. The van der Waals surface area contributed by atoms with E-state index in [0.29, 0.717) is 0 Å². The first-order valence-corrected chi connectivity index (χ1v) is 5.63. The highest BCUT2D eigenvalue weighted by Crippen LogP contribution is 2.21. The van der Waals surface area contributed by atoms with Crippen molar-refractivity contribution < 1.29 is 5.21 Å². The first-order valence-electron chi connectivity index (χ1n) is 5.63. The van der Waals surface area contributed by atoms with Crippen LogP contribution < -0.4 is 0 Å². The van der Waals surface area contributed by atoms with E-state index in [1.54, 1.807) is 0 Å². The lowest BCUT2D eigenvalue weighted by atomic mass is 9.89. The summed E-state index contributed by atoms with van der Waals surface area (Å²) in [6.07, 6.45) is 11.2. The molecule has 0 saturated carbocycles. The molecule has 0 saturated heterocycles. The molecule has 0 aromatic heterocycles. The van der Waals surface area contributed by atoms with Crippen LogP contribution in [0, 0.1) is 5.41 Å². The Morgan fingerprint density at radius 3 is 2.60 bits per heavy atom. The van der Waals surface area contributed by atoms with Crippen LogP contribution in [-0.2, 0) is 0 Å². The van der Waals surface area contributed by atoms with Gasteiger partial charge in [0.15, 0.2) is 0 Å². The Labute approximate surface area is 92.4 Å². The van der Waals surface area contributed by atoms with Gasteiger partial charge in [0.2, 0.25) is 0 Å². The van der Waals surface area contributed by atoms with Gasteiger partial charge in [-0.1, -0.05) is 43.7 Å². The van der Waals surface area contributed by atoms with Crippen LogP contribution in [0.25, 0.3) is 0 Å². The first kappa shape index (κ1) is 12.0. The third-order valence-corrected chi connectivity index (χ3v) is 2.66. The molecule has 0 heterocycles. The Hall–Kier alpha value is -1.05. The summed E-state index contributed by atoms with van der Waals surface area (Å²) < 4.78 is 0. The third-order valence-electron chi connectivity index (χ3n) is 2.66. The van der Waals surface area contributed by atoms with Crippen molar-refractivity contribution in [3.05, 3.63) is 23.8 Å². The molecule has 0 aromatic carbocycles. The molecule has 0 amide bonds. The van der Waals surface area contributed by atoms with Crippen LogP contribution >= 0.6 is 0 Å². The number of hydrogen-bond acceptors (Lipinski definition) is 2. The van der Waals surface area contributed by atoms with Crippen molar-refractivity contribution in [1.82, 2.24) is 0 Å². The molecule has 0 unspecified atom stereocenters. The molecular weight excluding hydrogens is 186 g/mol. The highest BCUT2D eigenvalue weighted by molar-refractivity contribution is 5.98. The molecule has 0 spiro atoms. The van der Waals surface area contributed by atoms with Gasteiger partial charge in [-0.3, -0.25) is 0 Å². The van der Waals surface area contributed by atoms with Gasteiger partial charge in [0.25, 0.3) is 0 Å². The molecule has 0 atom stereocenters. The molecule has 15 heavy (non-hydrogen) atoms. The molecule has 1 aliphatic carbocycles. The second-order valence-corrected chi connectivity index (χ2v) is 5.09. The molecule has 84 valence electrons. The summed E-state index contributed by atoms with van der Waals surface area (Å²) in [4.78, 5) is 0. The molecule has 1 rings (SSSR count). The van der Waals surface area contributed by atoms with E-state index in [0.717, 1.165) is 12.1 Å². The fourth-order valence-corrected chi connectivity index (χ4v) is 1.63. The molecule has 0 fully saturated rings. The highest BCUT2D eigenvalue weighted by Gasteiger charge is 2.16. The zero-order chi connectivity index (χ0) is 11.3. The quantitative estimate of drug-likeness (QED) is 0.415. The maximum atomic E-state index is 8.91. The summed E-state index contributed by atoms with van der Waals surface area (Å²) in [6, 6.07) is 0. The van der Waals surface area contributed by atoms with Crippen LogP contribution in [0.4, 0.5) is 0 Å². The standard InChI is InChI=1S/C13H21NO/c1-13(2,3)12(14-15)10-9-11-7-5-4-6-8-11/h7,9-10,15H,4-6,8H2,1-3H3/b10-9+,14-12-. The molecule has 1 aliphatic rings. The number of oxime groups is 1. The van der Waals surface area contributed by atoms with E-state index in [1.165, 1.54) is 24.8 Å². The lowest BCUT2D eigenvalue weighted by molar-refractivity contribution is 0.312. The van der Waals surface area contributed by atoms with Gasteiger partial charge in [-0.25, -0.2) is 0 Å². The van der Waals surface area contributed by atoms with Crippen LogP contribution in [-0.4, -0.2) is 10.9 Å². The van der Waals surface area contributed by atoms with E-state index >= 15 is 0 Å². The third kappa shape index (κ3) is 3.90. The van der Waals surface area contributed by atoms with Crippen molar-refractivity contribution in [2.45, 2.75) is 46.5 Å². The minimum Gasteiger partial charge on any atom is -0.411 e. The number of nitrogens with zero attached hydrogens (tertiary/aromatic N) is 1. The van der Waals surface area contributed by atoms with Crippen molar-refractivity contribution in [2.75, 3.05) is 0 Å². The van der Waals surface area contributed by atoms with Gasteiger partial charge in [0.1, 0.15) is 0 Å². The van der Waals surface area contributed by atoms with E-state index in [4.69, 9.17) is 5.21 Å². The fraction of sp³-hybridized carbons (Fsp3) is 0.615. The summed E-state index contributed by atoms with van der Waals surface area (Å²) in [6.45, 7) is 6.13. The zero-order valence-corrected chi connectivity index (χ0v) is 9.95. The van der Waals surface area contributed by atoms with Crippen LogP contribution in [0.3, 0.4) is 0 Å². The Bertz CT molecular complexity index is 292. The van der Waals surface area contributed by atoms with Crippen molar-refractivity contribution in [1.29, 1.82) is 0 Å². The second kappa shape index (κ2) is 5.15. The predicted octanol–water partition coefficient (Wildman–Crippen LogP) is 3.92. The van der Waals surface area contributed by atoms with Gasteiger partial charge in [-0.2, -0.15) is 0 Å². The summed E-state index contributed by atoms with van der Waals surface area (Å²) >= 11 is 0. The molecule has 2 heteroatoms. The van der Waals surface area contributed by atoms with E-state index in [1.807, 2.05) is 26.8 Å². The fourth-order valence-electron chi connectivity index (χ4n) is 1.63. The van der Waals surface area contributed by atoms with Gasteiger partial charge in [-0.15, -0.1) is 0 Å². The molecule has 0 aromatic rings. The Balaban J connectivity index is 2.67. The van der Waals surface area contributed by atoms with E-state index in [-0.39, 0.29) is 5.41 Å². The van der Waals surface area contributed by atoms with Crippen LogP contribution in [0.2, 0.25) is 0 Å². The van der Waals surface area contributed by atoms with Gasteiger partial charge in [0.05, 0.1) is 5.71 Å². The van der Waals surface area contributed by atoms with Gasteiger partial charge in [-0.05, 0) is 31.8 Å². The lowest BCUT2D eigenvalue weighted by Crippen LogP contribution is -2.18. The Kier molecular flexibility index (Phi) is 4.13. The average molecular weight is 207 g/mol. The largest absolute Gasteiger partial charge is 0.411 e. The van der Waals surface area contributed by atoms with Crippen molar-refractivity contribution in [2.24, 2.45) is 10.6 Å². The van der Waals surface area contributed by atoms with Crippen LogP contribution in [0.15, 0.2) is 29.0 Å². The van der Waals surface area contributed by atoms with Crippen LogP contribution in [0.5, 0.6) is 0 Å². The number of hydrogen-bond donors (Lipinski definition) is 1. The molecule has 0 aliphatic heterocycles. The van der Waals surface area contributed by atoms with E-state index in [9.17, 15) is 0 Å². The summed E-state index contributed by atoms with van der Waals surface area (Å²) in [5.41, 5.74) is 2.00. The SMILES string of the molecule is CC(C)(C)C(/C=C/C1=CCCCC1)=N\O. The van der Waals surface area contributed by atoms with Crippen molar-refractivity contribution in [3.63, 3.8) is 0 Å². The minimum atomic E-state index is -0.0967. The molecule has 0 bridgehead atoms. The Morgan fingerprint density at radius 2 is 2.13 bits per heavy atom. The normalized spacial score (nSPS) is 19.4. The lowest BCUT2D eigenvalue weighted by Gasteiger charge is -2.17. The maximum absolute atomic E-state index is 8.91. The molecule has 0 radical (unpaired) electrons. The highest BCUT2D eigenvalue weighted by atomic mass is 16.4. The van der Waals surface area contributed by atoms with Gasteiger partial charge in [0, 0.05) is 5.41 Å². The van der Waals surface area contributed by atoms with Crippen molar-refractivity contribution >= 4 is 5.71 Å². The summed E-state index contributed by atoms with van der Waals surface area (Å²) in [5.74, 6) is 0. The van der Waals surface area contributed by atoms with E-state index < -0.39 is 0 Å². The van der Waals surface area contributed by atoms with Gasteiger partial charge >= 0.3 is 0 Å². The number of allylic oxidation sites excluding steroid dienone is 4. The zero-order valence-electron chi connectivity index (χ0n) is 9.95. The summed E-state index contributed by atoms with van der Waals surface area (Å²) in [7, 11) is 0. The summed E-state index contributed by atoms with van der Waals surface area (Å²) in [5, 5.41) is 12.3. The maximum Gasteiger partial charge on any atom is 0.0849 e. The topological polar surface area (TPSA) is 32.6 Å². The number of rotatable bonds is 2. The second-order valence-electron chi connectivity index (χ2n) is 5.09. The predicted molar refractivity (Wildman–Crippen MR) is 64.4 cm³/mol. The monoisotopic (exact) mass is 207 g/mol. The first-order chi connectivity index (χ1) is 7.04. The Morgan fingerprint density at radius 1 is 1.40 bits per heavy atom. The van der Waals surface area contributed by atoms with E-state index in [2.05, 4.69) is 17.3 Å². The average Bonchev–Trinajstić information content (AvgIpc) is 2.18. The smallest absolute Gasteiger partial charge is 0.0849 e. The molecule has 2 nitrogen and oxygen atoms in total. The minimum absolute atomic E-state index is 0.0967. The molecule has 1 N–H and O–H groups in total.